The predicted octanol–water partition coefficient (Wildman–Crippen LogP) is 7.03. The van der Waals surface area contributed by atoms with Crippen LogP contribution in [-0.2, 0) is 4.74 Å². The molecule has 0 saturated heterocycles. The average Bonchev–Trinajstić information content (AvgIpc) is 2.67. The van der Waals surface area contributed by atoms with Crippen LogP contribution >= 0.6 is 0 Å². The largest absolute Gasteiger partial charge is 0.377 e. The monoisotopic (exact) mass is 347 g/mol. The molecule has 0 heterocycles. The first-order valence-electron chi connectivity index (χ1n) is 11.2. The quantitative estimate of drug-likeness (QED) is 0.397. The molecule has 0 atom stereocenters. The van der Waals surface area contributed by atoms with Gasteiger partial charge in [0.25, 0.3) is 0 Å². The summed E-state index contributed by atoms with van der Waals surface area (Å²) < 4.78 is 6.28. The van der Waals surface area contributed by atoms with Crippen molar-refractivity contribution in [2.45, 2.75) is 116 Å². The Morgan fingerprint density at radius 2 is 1.44 bits per heavy atom. The van der Waals surface area contributed by atoms with Crippen molar-refractivity contribution in [3.05, 3.63) is 0 Å². The Morgan fingerprint density at radius 3 is 2.04 bits per heavy atom. The van der Waals surface area contributed by atoms with Crippen LogP contribution < -0.4 is 0 Å². The minimum absolute atomic E-state index is 0.180. The van der Waals surface area contributed by atoms with Crippen LogP contribution in [0.2, 0.25) is 0 Å². The van der Waals surface area contributed by atoms with Gasteiger partial charge in [0.2, 0.25) is 0 Å². The van der Waals surface area contributed by atoms with Crippen LogP contribution in [0.1, 0.15) is 110 Å². The highest BCUT2D eigenvalue weighted by atomic mass is 16.5. The Kier molecular flexibility index (Phi) is 9.32. The summed E-state index contributed by atoms with van der Waals surface area (Å²) in [5.41, 5.74) is -0.180. The molecule has 2 saturated carbocycles. The number of nitriles is 1. The number of rotatable bonds is 10. The van der Waals surface area contributed by atoms with E-state index in [0.29, 0.717) is 12.7 Å². The SMILES string of the molecule is CCCCCC1CCC(C#N)(COC2CCC(CCCC)CC2)CC1. The third-order valence-corrected chi connectivity index (χ3v) is 6.87. The molecular weight excluding hydrogens is 306 g/mol. The fourth-order valence-electron chi connectivity index (χ4n) is 4.85. The van der Waals surface area contributed by atoms with E-state index in [4.69, 9.17) is 4.74 Å². The van der Waals surface area contributed by atoms with Gasteiger partial charge in [0.05, 0.1) is 24.2 Å². The van der Waals surface area contributed by atoms with Gasteiger partial charge in [0.15, 0.2) is 0 Å². The zero-order chi connectivity index (χ0) is 18.0. The Balaban J connectivity index is 1.66. The van der Waals surface area contributed by atoms with Gasteiger partial charge in [0, 0.05) is 0 Å². The van der Waals surface area contributed by atoms with Crippen LogP contribution in [-0.4, -0.2) is 12.7 Å². The molecule has 0 radical (unpaired) electrons. The smallest absolute Gasteiger partial charge is 0.0807 e. The molecule has 2 heteroatoms. The van der Waals surface area contributed by atoms with Crippen LogP contribution in [0.3, 0.4) is 0 Å². The summed E-state index contributed by atoms with van der Waals surface area (Å²) >= 11 is 0. The number of unbranched alkanes of at least 4 members (excludes halogenated alkanes) is 3. The number of ether oxygens (including phenoxy) is 1. The Hall–Kier alpha value is -0.550. The molecular formula is C23H41NO. The van der Waals surface area contributed by atoms with Gasteiger partial charge < -0.3 is 4.74 Å². The minimum atomic E-state index is -0.180. The van der Waals surface area contributed by atoms with Crippen molar-refractivity contribution in [1.29, 1.82) is 5.26 Å². The van der Waals surface area contributed by atoms with Crippen LogP contribution in [0.15, 0.2) is 0 Å². The van der Waals surface area contributed by atoms with E-state index in [2.05, 4.69) is 19.9 Å². The second kappa shape index (κ2) is 11.2. The molecule has 2 rings (SSSR count). The summed E-state index contributed by atoms with van der Waals surface area (Å²) in [5, 5.41) is 9.78. The summed E-state index contributed by atoms with van der Waals surface area (Å²) in [5.74, 6) is 1.80. The summed E-state index contributed by atoms with van der Waals surface area (Å²) in [4.78, 5) is 0. The van der Waals surface area contributed by atoms with Gasteiger partial charge in [0.1, 0.15) is 0 Å². The third-order valence-electron chi connectivity index (χ3n) is 6.87. The molecule has 2 nitrogen and oxygen atoms in total. The fourth-order valence-corrected chi connectivity index (χ4v) is 4.85. The molecule has 0 amide bonds. The van der Waals surface area contributed by atoms with E-state index in [9.17, 15) is 5.26 Å². The third kappa shape index (κ3) is 6.93. The first-order chi connectivity index (χ1) is 12.2. The molecule has 0 bridgehead atoms. The molecule has 0 spiro atoms. The molecule has 0 aromatic rings. The van der Waals surface area contributed by atoms with E-state index >= 15 is 0 Å². The van der Waals surface area contributed by atoms with Crippen LogP contribution in [0, 0.1) is 28.6 Å². The lowest BCUT2D eigenvalue weighted by atomic mass is 9.70. The van der Waals surface area contributed by atoms with Crippen molar-refractivity contribution in [2.75, 3.05) is 6.61 Å². The van der Waals surface area contributed by atoms with Crippen molar-refractivity contribution >= 4 is 0 Å². The van der Waals surface area contributed by atoms with Gasteiger partial charge in [-0.05, 0) is 63.2 Å². The van der Waals surface area contributed by atoms with E-state index < -0.39 is 0 Å². The first kappa shape index (κ1) is 20.8. The molecule has 2 aliphatic rings. The summed E-state index contributed by atoms with van der Waals surface area (Å²) in [7, 11) is 0. The zero-order valence-electron chi connectivity index (χ0n) is 16.9. The van der Waals surface area contributed by atoms with Crippen LogP contribution in [0.25, 0.3) is 0 Å². The highest BCUT2D eigenvalue weighted by Gasteiger charge is 2.36. The number of nitrogens with zero attached hydrogens (tertiary/aromatic N) is 1. The topological polar surface area (TPSA) is 33.0 Å². The molecule has 0 N–H and O–H groups in total. The standard InChI is InChI=1S/C23H41NO/c1-3-5-7-9-21-14-16-23(18-24,17-15-21)19-25-22-12-10-20(11-13-22)8-6-4-2/h20-22H,3-17,19H2,1-2H3. The van der Waals surface area contributed by atoms with Gasteiger partial charge in [-0.15, -0.1) is 0 Å². The average molecular weight is 348 g/mol. The van der Waals surface area contributed by atoms with Crippen molar-refractivity contribution in [3.8, 4) is 6.07 Å². The van der Waals surface area contributed by atoms with Crippen molar-refractivity contribution in [3.63, 3.8) is 0 Å². The molecule has 0 unspecified atom stereocenters. The molecule has 2 aliphatic carbocycles. The highest BCUT2D eigenvalue weighted by Crippen LogP contribution is 2.41. The minimum Gasteiger partial charge on any atom is -0.377 e. The van der Waals surface area contributed by atoms with Crippen LogP contribution in [0.4, 0.5) is 0 Å². The van der Waals surface area contributed by atoms with Crippen molar-refractivity contribution in [2.24, 2.45) is 17.3 Å². The van der Waals surface area contributed by atoms with Crippen molar-refractivity contribution < 1.29 is 4.74 Å². The fraction of sp³-hybridized carbons (Fsp3) is 0.957. The summed E-state index contributed by atoms with van der Waals surface area (Å²) in [6.07, 6.45) is 19.7. The summed E-state index contributed by atoms with van der Waals surface area (Å²) in [6, 6.07) is 2.66. The molecule has 0 aromatic heterocycles. The van der Waals surface area contributed by atoms with Crippen molar-refractivity contribution in [1.82, 2.24) is 0 Å². The predicted molar refractivity (Wildman–Crippen MR) is 105 cm³/mol. The molecule has 0 aliphatic heterocycles. The lowest BCUT2D eigenvalue weighted by Gasteiger charge is -2.37. The van der Waals surface area contributed by atoms with Crippen LogP contribution in [0.5, 0.6) is 0 Å². The lowest BCUT2D eigenvalue weighted by molar-refractivity contribution is -0.0299. The second-order valence-electron chi connectivity index (χ2n) is 8.93. The molecule has 144 valence electrons. The Labute approximate surface area is 156 Å². The highest BCUT2D eigenvalue weighted by molar-refractivity contribution is 5.02. The lowest BCUT2D eigenvalue weighted by Crippen LogP contribution is -2.34. The van der Waals surface area contributed by atoms with E-state index in [1.807, 2.05) is 0 Å². The molecule has 25 heavy (non-hydrogen) atoms. The number of hydrogen-bond acceptors (Lipinski definition) is 2. The van der Waals surface area contributed by atoms with E-state index in [-0.39, 0.29) is 5.41 Å². The van der Waals surface area contributed by atoms with Gasteiger partial charge >= 0.3 is 0 Å². The van der Waals surface area contributed by atoms with E-state index in [1.165, 1.54) is 83.5 Å². The maximum Gasteiger partial charge on any atom is 0.0807 e. The molecule has 0 aromatic carbocycles. The maximum absolute atomic E-state index is 9.78. The van der Waals surface area contributed by atoms with E-state index in [0.717, 1.165) is 24.7 Å². The maximum atomic E-state index is 9.78. The van der Waals surface area contributed by atoms with Gasteiger partial charge in [-0.1, -0.05) is 58.8 Å². The first-order valence-corrected chi connectivity index (χ1v) is 11.2. The molecule has 2 fully saturated rings. The Bertz CT molecular complexity index is 383. The number of hydrogen-bond donors (Lipinski definition) is 0. The Morgan fingerprint density at radius 1 is 0.840 bits per heavy atom. The van der Waals surface area contributed by atoms with E-state index in [1.54, 1.807) is 0 Å². The van der Waals surface area contributed by atoms with Gasteiger partial charge in [-0.3, -0.25) is 0 Å². The second-order valence-corrected chi connectivity index (χ2v) is 8.93. The summed E-state index contributed by atoms with van der Waals surface area (Å²) in [6.45, 7) is 5.25. The zero-order valence-corrected chi connectivity index (χ0v) is 16.9. The normalized spacial score (nSPS) is 33.1. The van der Waals surface area contributed by atoms with Gasteiger partial charge in [-0.2, -0.15) is 5.26 Å². The van der Waals surface area contributed by atoms with Gasteiger partial charge in [-0.25, -0.2) is 0 Å².